The van der Waals surface area contributed by atoms with Crippen molar-refractivity contribution in [2.75, 3.05) is 0 Å². The van der Waals surface area contributed by atoms with Crippen LogP contribution in [-0.4, -0.2) is 10.2 Å². The second-order valence-corrected chi connectivity index (χ2v) is 4.47. The first-order valence-corrected chi connectivity index (χ1v) is 5.44. The highest BCUT2D eigenvalue weighted by molar-refractivity contribution is 5.17. The van der Waals surface area contributed by atoms with Crippen molar-refractivity contribution in [1.82, 2.24) is 10.2 Å². The van der Waals surface area contributed by atoms with Crippen molar-refractivity contribution in [1.29, 1.82) is 0 Å². The third-order valence-corrected chi connectivity index (χ3v) is 2.77. The molecule has 2 heteroatoms. The van der Waals surface area contributed by atoms with Crippen LogP contribution in [0.3, 0.4) is 0 Å². The van der Waals surface area contributed by atoms with Crippen molar-refractivity contribution in [2.24, 2.45) is 0 Å². The molecular formula is C12H20N2. The lowest BCUT2D eigenvalue weighted by Crippen LogP contribution is -2.17. The highest BCUT2D eigenvalue weighted by atomic mass is 15.1. The molecule has 2 nitrogen and oxygen atoms in total. The average Bonchev–Trinajstić information content (AvgIpc) is 2.19. The standard InChI is InChI=1S/C12H20N2/c1-4-5-6-8-12(2,3)11-7-9-13-14-10-11/h7,9-10H,4-6,8H2,1-3H3. The Hall–Kier alpha value is -0.920. The number of hydrogen-bond acceptors (Lipinski definition) is 2. The first-order chi connectivity index (χ1) is 6.67. The summed E-state index contributed by atoms with van der Waals surface area (Å²) >= 11 is 0. The van der Waals surface area contributed by atoms with E-state index in [1.54, 1.807) is 6.20 Å². The second kappa shape index (κ2) is 5.08. The Labute approximate surface area is 86.8 Å². The summed E-state index contributed by atoms with van der Waals surface area (Å²) in [6.45, 7) is 6.79. The molecule has 0 radical (unpaired) electrons. The highest BCUT2D eigenvalue weighted by Crippen LogP contribution is 2.28. The van der Waals surface area contributed by atoms with Crippen molar-refractivity contribution in [3.63, 3.8) is 0 Å². The fourth-order valence-electron chi connectivity index (χ4n) is 1.65. The van der Waals surface area contributed by atoms with E-state index in [1.807, 2.05) is 6.20 Å². The van der Waals surface area contributed by atoms with Crippen molar-refractivity contribution in [3.8, 4) is 0 Å². The molecule has 1 rings (SSSR count). The first kappa shape index (κ1) is 11.2. The van der Waals surface area contributed by atoms with Crippen LogP contribution < -0.4 is 0 Å². The maximum atomic E-state index is 3.93. The predicted molar refractivity (Wildman–Crippen MR) is 59.2 cm³/mol. The van der Waals surface area contributed by atoms with Crippen LogP contribution >= 0.6 is 0 Å². The largest absolute Gasteiger partial charge is 0.159 e. The summed E-state index contributed by atoms with van der Waals surface area (Å²) in [6, 6.07) is 2.07. The zero-order chi connectivity index (χ0) is 10.4. The van der Waals surface area contributed by atoms with Gasteiger partial charge in [-0.1, -0.05) is 40.0 Å². The Balaban J connectivity index is 2.56. The third-order valence-electron chi connectivity index (χ3n) is 2.77. The van der Waals surface area contributed by atoms with Gasteiger partial charge in [0, 0.05) is 6.20 Å². The molecule has 0 saturated carbocycles. The van der Waals surface area contributed by atoms with Gasteiger partial charge in [0.15, 0.2) is 0 Å². The van der Waals surface area contributed by atoms with Crippen LogP contribution in [0.2, 0.25) is 0 Å². The van der Waals surface area contributed by atoms with E-state index in [0.29, 0.717) is 0 Å². The molecule has 0 aliphatic heterocycles. The Bertz CT molecular complexity index is 254. The molecule has 0 amide bonds. The van der Waals surface area contributed by atoms with Crippen LogP contribution in [0.4, 0.5) is 0 Å². The minimum atomic E-state index is 0.241. The van der Waals surface area contributed by atoms with Gasteiger partial charge in [0.2, 0.25) is 0 Å². The highest BCUT2D eigenvalue weighted by Gasteiger charge is 2.19. The Kier molecular flexibility index (Phi) is 4.05. The normalized spacial score (nSPS) is 11.6. The van der Waals surface area contributed by atoms with Gasteiger partial charge in [0.1, 0.15) is 0 Å². The minimum Gasteiger partial charge on any atom is -0.159 e. The number of rotatable bonds is 5. The molecule has 0 saturated heterocycles. The zero-order valence-electron chi connectivity index (χ0n) is 9.45. The summed E-state index contributed by atoms with van der Waals surface area (Å²) in [5.41, 5.74) is 1.54. The first-order valence-electron chi connectivity index (χ1n) is 5.44. The lowest BCUT2D eigenvalue weighted by molar-refractivity contribution is 0.448. The van der Waals surface area contributed by atoms with Crippen molar-refractivity contribution in [3.05, 3.63) is 24.0 Å². The molecule has 1 aromatic rings. The average molecular weight is 192 g/mol. The third kappa shape index (κ3) is 3.09. The summed E-state index contributed by atoms with van der Waals surface area (Å²) in [7, 11) is 0. The molecule has 0 spiro atoms. The zero-order valence-corrected chi connectivity index (χ0v) is 9.45. The van der Waals surface area contributed by atoms with Gasteiger partial charge in [-0.15, -0.1) is 0 Å². The molecular weight excluding hydrogens is 172 g/mol. The van der Waals surface area contributed by atoms with Crippen molar-refractivity contribution < 1.29 is 0 Å². The van der Waals surface area contributed by atoms with Gasteiger partial charge in [-0.25, -0.2) is 0 Å². The SMILES string of the molecule is CCCCCC(C)(C)c1ccnnc1. The van der Waals surface area contributed by atoms with E-state index in [-0.39, 0.29) is 5.41 Å². The summed E-state index contributed by atoms with van der Waals surface area (Å²) in [4.78, 5) is 0. The van der Waals surface area contributed by atoms with E-state index in [2.05, 4.69) is 37.0 Å². The van der Waals surface area contributed by atoms with E-state index in [0.717, 1.165) is 0 Å². The van der Waals surface area contributed by atoms with E-state index in [4.69, 9.17) is 0 Å². The van der Waals surface area contributed by atoms with Gasteiger partial charge in [-0.05, 0) is 23.5 Å². The summed E-state index contributed by atoms with van der Waals surface area (Å²) in [6.07, 6.45) is 8.79. The van der Waals surface area contributed by atoms with Gasteiger partial charge in [0.05, 0.1) is 6.20 Å². The second-order valence-electron chi connectivity index (χ2n) is 4.47. The van der Waals surface area contributed by atoms with Gasteiger partial charge in [-0.3, -0.25) is 0 Å². The molecule has 0 aliphatic rings. The maximum Gasteiger partial charge on any atom is 0.0533 e. The smallest absolute Gasteiger partial charge is 0.0533 e. The van der Waals surface area contributed by atoms with E-state index < -0.39 is 0 Å². The molecule has 0 aromatic carbocycles. The van der Waals surface area contributed by atoms with E-state index in [1.165, 1.54) is 31.2 Å². The summed E-state index contributed by atoms with van der Waals surface area (Å²) in [5, 5.41) is 7.73. The molecule has 1 aromatic heterocycles. The Morgan fingerprint density at radius 1 is 1.21 bits per heavy atom. The maximum absolute atomic E-state index is 3.93. The van der Waals surface area contributed by atoms with E-state index in [9.17, 15) is 0 Å². The fourth-order valence-corrected chi connectivity index (χ4v) is 1.65. The number of nitrogens with zero attached hydrogens (tertiary/aromatic N) is 2. The fraction of sp³-hybridized carbons (Fsp3) is 0.667. The van der Waals surface area contributed by atoms with Crippen LogP contribution in [0.25, 0.3) is 0 Å². The molecule has 14 heavy (non-hydrogen) atoms. The number of unbranched alkanes of at least 4 members (excludes halogenated alkanes) is 2. The molecule has 0 atom stereocenters. The minimum absolute atomic E-state index is 0.241. The molecule has 1 heterocycles. The molecule has 78 valence electrons. The predicted octanol–water partition coefficient (Wildman–Crippen LogP) is 3.33. The van der Waals surface area contributed by atoms with Gasteiger partial charge >= 0.3 is 0 Å². The number of hydrogen-bond donors (Lipinski definition) is 0. The van der Waals surface area contributed by atoms with Gasteiger partial charge < -0.3 is 0 Å². The molecule has 0 unspecified atom stereocenters. The molecule has 0 aliphatic carbocycles. The molecule has 0 fully saturated rings. The number of aromatic nitrogens is 2. The molecule has 0 bridgehead atoms. The lowest BCUT2D eigenvalue weighted by Gasteiger charge is -2.24. The summed E-state index contributed by atoms with van der Waals surface area (Å²) < 4.78 is 0. The lowest BCUT2D eigenvalue weighted by atomic mass is 9.81. The van der Waals surface area contributed by atoms with Crippen LogP contribution in [0.15, 0.2) is 18.5 Å². The van der Waals surface area contributed by atoms with Crippen LogP contribution in [-0.2, 0) is 5.41 Å². The Morgan fingerprint density at radius 3 is 2.57 bits per heavy atom. The molecule has 0 N–H and O–H groups in total. The summed E-state index contributed by atoms with van der Waals surface area (Å²) in [5.74, 6) is 0. The van der Waals surface area contributed by atoms with Crippen LogP contribution in [0.1, 0.15) is 52.0 Å². The van der Waals surface area contributed by atoms with Crippen LogP contribution in [0, 0.1) is 0 Å². The van der Waals surface area contributed by atoms with Crippen LogP contribution in [0.5, 0.6) is 0 Å². The topological polar surface area (TPSA) is 25.8 Å². The quantitative estimate of drug-likeness (QED) is 0.669. The Morgan fingerprint density at radius 2 is 2.00 bits per heavy atom. The van der Waals surface area contributed by atoms with Crippen molar-refractivity contribution in [2.45, 2.75) is 51.9 Å². The van der Waals surface area contributed by atoms with E-state index >= 15 is 0 Å². The monoisotopic (exact) mass is 192 g/mol. The van der Waals surface area contributed by atoms with Gasteiger partial charge in [-0.2, -0.15) is 10.2 Å². The van der Waals surface area contributed by atoms with Gasteiger partial charge in [0.25, 0.3) is 0 Å². The van der Waals surface area contributed by atoms with Crippen molar-refractivity contribution >= 4 is 0 Å².